The minimum atomic E-state index is -1.79. The first-order valence-electron chi connectivity index (χ1n) is 13.1. The van der Waals surface area contributed by atoms with Crippen LogP contribution in [0.5, 0.6) is 0 Å². The van der Waals surface area contributed by atoms with Crippen LogP contribution in [0, 0.1) is 0 Å². The third-order valence-electron chi connectivity index (χ3n) is 8.08. The van der Waals surface area contributed by atoms with E-state index in [2.05, 4.69) is 0 Å². The molecule has 0 saturated heterocycles. The molecular formula is C34H30O4. The van der Waals surface area contributed by atoms with Crippen molar-refractivity contribution >= 4 is 5.97 Å². The SMILES string of the molecule is O=C1OC2(Cc3ccccc3)C(=C1Cc1ccccc1)C(O)(c1ccccc1)C(O)CC2c1ccccc1. The third-order valence-corrected chi connectivity index (χ3v) is 8.08. The molecule has 4 atom stereocenters. The molecule has 190 valence electrons. The molecule has 1 aliphatic carbocycles. The van der Waals surface area contributed by atoms with Gasteiger partial charge in [-0.3, -0.25) is 0 Å². The van der Waals surface area contributed by atoms with Crippen LogP contribution in [-0.4, -0.2) is 27.9 Å². The number of hydrogen-bond acceptors (Lipinski definition) is 4. The molecule has 0 radical (unpaired) electrons. The smallest absolute Gasteiger partial charge is 0.335 e. The van der Waals surface area contributed by atoms with Crippen LogP contribution in [0.25, 0.3) is 0 Å². The minimum Gasteiger partial charge on any atom is -0.450 e. The van der Waals surface area contributed by atoms with Crippen molar-refractivity contribution in [2.45, 2.75) is 42.5 Å². The first kappa shape index (κ1) is 24.4. The second-order valence-corrected chi connectivity index (χ2v) is 10.3. The predicted molar refractivity (Wildman–Crippen MR) is 146 cm³/mol. The molecule has 4 heteroatoms. The molecule has 38 heavy (non-hydrogen) atoms. The molecule has 1 aliphatic heterocycles. The van der Waals surface area contributed by atoms with Gasteiger partial charge in [0, 0.05) is 29.9 Å². The van der Waals surface area contributed by atoms with Crippen molar-refractivity contribution in [3.05, 3.63) is 155 Å². The standard InChI is InChI=1S/C34H30O4/c35-30-22-29(26-17-9-3-10-18-26)33(23-25-15-7-2-8-16-25)31(34(30,37)27-19-11-4-12-20-27)28(32(36)38-33)21-24-13-5-1-6-14-24/h1-20,29-30,35,37H,21-23H2. The molecule has 4 aromatic carbocycles. The number of carbonyl (C=O) groups excluding carboxylic acids is 1. The van der Waals surface area contributed by atoms with E-state index in [-0.39, 0.29) is 12.3 Å². The van der Waals surface area contributed by atoms with Gasteiger partial charge in [-0.05, 0) is 28.7 Å². The lowest BCUT2D eigenvalue weighted by Crippen LogP contribution is -2.58. The molecule has 4 aromatic rings. The van der Waals surface area contributed by atoms with Gasteiger partial charge in [0.05, 0.1) is 6.10 Å². The van der Waals surface area contributed by atoms with Crippen LogP contribution < -0.4 is 0 Å². The van der Waals surface area contributed by atoms with Crippen LogP contribution in [0.2, 0.25) is 0 Å². The Morgan fingerprint density at radius 1 is 0.737 bits per heavy atom. The van der Waals surface area contributed by atoms with E-state index in [1.54, 1.807) is 0 Å². The Kier molecular flexibility index (Phi) is 6.22. The van der Waals surface area contributed by atoms with Gasteiger partial charge in [0.2, 0.25) is 0 Å². The van der Waals surface area contributed by atoms with Gasteiger partial charge < -0.3 is 14.9 Å². The number of esters is 1. The molecule has 1 fully saturated rings. The average molecular weight is 503 g/mol. The molecule has 0 amide bonds. The third kappa shape index (κ3) is 3.97. The van der Waals surface area contributed by atoms with Crippen molar-refractivity contribution in [1.29, 1.82) is 0 Å². The number of hydrogen-bond donors (Lipinski definition) is 2. The Hall–Kier alpha value is -3.99. The summed E-state index contributed by atoms with van der Waals surface area (Å²) in [5.41, 5.74) is 1.37. The van der Waals surface area contributed by atoms with Crippen LogP contribution in [0.1, 0.15) is 34.6 Å². The van der Waals surface area contributed by atoms with Crippen LogP contribution in [0.4, 0.5) is 0 Å². The van der Waals surface area contributed by atoms with Crippen molar-refractivity contribution in [1.82, 2.24) is 0 Å². The summed E-state index contributed by atoms with van der Waals surface area (Å²) in [5.74, 6) is -0.792. The van der Waals surface area contributed by atoms with Crippen LogP contribution in [-0.2, 0) is 28.0 Å². The van der Waals surface area contributed by atoms with Crippen LogP contribution in [0.3, 0.4) is 0 Å². The van der Waals surface area contributed by atoms with E-state index in [0.717, 1.165) is 16.7 Å². The summed E-state index contributed by atoms with van der Waals surface area (Å²) in [6, 6.07) is 38.8. The van der Waals surface area contributed by atoms with Gasteiger partial charge in [-0.15, -0.1) is 0 Å². The average Bonchev–Trinajstić information content (AvgIpc) is 3.24. The molecule has 2 N–H and O–H groups in total. The Balaban J connectivity index is 1.64. The quantitative estimate of drug-likeness (QED) is 0.342. The molecule has 1 heterocycles. The number of aliphatic hydroxyl groups excluding tert-OH is 1. The molecule has 0 aromatic heterocycles. The molecule has 0 bridgehead atoms. The van der Waals surface area contributed by atoms with Crippen molar-refractivity contribution in [2.24, 2.45) is 0 Å². The van der Waals surface area contributed by atoms with Crippen molar-refractivity contribution < 1.29 is 19.7 Å². The van der Waals surface area contributed by atoms with Gasteiger partial charge in [-0.2, -0.15) is 0 Å². The van der Waals surface area contributed by atoms with E-state index in [0.29, 0.717) is 29.6 Å². The molecule has 2 aliphatic rings. The minimum absolute atomic E-state index is 0.234. The first-order chi connectivity index (χ1) is 18.5. The fourth-order valence-corrected chi connectivity index (χ4v) is 6.41. The predicted octanol–water partition coefficient (Wildman–Crippen LogP) is 5.50. The second-order valence-electron chi connectivity index (χ2n) is 10.3. The fourth-order valence-electron chi connectivity index (χ4n) is 6.41. The largest absolute Gasteiger partial charge is 0.450 e. The number of aliphatic hydroxyl groups is 2. The van der Waals surface area contributed by atoms with E-state index in [1.807, 2.05) is 121 Å². The van der Waals surface area contributed by atoms with Crippen molar-refractivity contribution in [3.63, 3.8) is 0 Å². The van der Waals surface area contributed by atoms with E-state index >= 15 is 0 Å². The Morgan fingerprint density at radius 2 is 1.26 bits per heavy atom. The lowest BCUT2D eigenvalue weighted by atomic mass is 9.58. The summed E-state index contributed by atoms with van der Waals surface area (Å²) >= 11 is 0. The Morgan fingerprint density at radius 3 is 1.87 bits per heavy atom. The van der Waals surface area contributed by atoms with Gasteiger partial charge in [-0.1, -0.05) is 121 Å². The van der Waals surface area contributed by atoms with Gasteiger partial charge in [0.25, 0.3) is 0 Å². The van der Waals surface area contributed by atoms with Crippen LogP contribution in [0.15, 0.2) is 132 Å². The highest BCUT2D eigenvalue weighted by Gasteiger charge is 2.65. The lowest BCUT2D eigenvalue weighted by molar-refractivity contribution is -0.161. The van der Waals surface area contributed by atoms with Gasteiger partial charge >= 0.3 is 5.97 Å². The maximum atomic E-state index is 13.9. The highest BCUT2D eigenvalue weighted by atomic mass is 16.6. The van der Waals surface area contributed by atoms with Gasteiger partial charge in [0.15, 0.2) is 0 Å². The zero-order valence-corrected chi connectivity index (χ0v) is 21.0. The van der Waals surface area contributed by atoms with E-state index < -0.39 is 23.3 Å². The van der Waals surface area contributed by atoms with E-state index in [4.69, 9.17) is 4.74 Å². The molecule has 1 saturated carbocycles. The Bertz CT molecular complexity index is 1450. The zero-order valence-electron chi connectivity index (χ0n) is 21.0. The highest BCUT2D eigenvalue weighted by molar-refractivity contribution is 5.95. The van der Waals surface area contributed by atoms with Crippen molar-refractivity contribution in [2.75, 3.05) is 0 Å². The summed E-state index contributed by atoms with van der Waals surface area (Å²) in [4.78, 5) is 13.9. The maximum Gasteiger partial charge on any atom is 0.335 e. The molecule has 6 rings (SSSR count). The number of fused-ring (bicyclic) bond motifs is 1. The number of ether oxygens (including phenoxy) is 1. The molecule has 4 unspecified atom stereocenters. The lowest BCUT2D eigenvalue weighted by Gasteiger charge is -2.52. The summed E-state index contributed by atoms with van der Waals surface area (Å²) < 4.78 is 6.49. The number of carbonyl (C=O) groups is 1. The van der Waals surface area contributed by atoms with Crippen molar-refractivity contribution in [3.8, 4) is 0 Å². The van der Waals surface area contributed by atoms with E-state index in [1.165, 1.54) is 0 Å². The number of benzene rings is 4. The molecule has 0 spiro atoms. The summed E-state index contributed by atoms with van der Waals surface area (Å²) in [7, 11) is 0. The van der Waals surface area contributed by atoms with Crippen LogP contribution >= 0.6 is 0 Å². The normalized spacial score (nSPS) is 26.6. The van der Waals surface area contributed by atoms with Gasteiger partial charge in [-0.25, -0.2) is 4.79 Å². The number of rotatable bonds is 6. The summed E-state index contributed by atoms with van der Waals surface area (Å²) in [6.07, 6.45) is -0.226. The maximum absolute atomic E-state index is 13.9. The highest BCUT2D eigenvalue weighted by Crippen LogP contribution is 2.59. The summed E-state index contributed by atoms with van der Waals surface area (Å²) in [5, 5.41) is 24.4. The second kappa shape index (κ2) is 9.71. The van der Waals surface area contributed by atoms with E-state index in [9.17, 15) is 15.0 Å². The fraction of sp³-hybridized carbons (Fsp3) is 0.206. The Labute approximate surface area is 222 Å². The summed E-state index contributed by atoms with van der Waals surface area (Å²) in [6.45, 7) is 0. The van der Waals surface area contributed by atoms with Gasteiger partial charge in [0.1, 0.15) is 11.2 Å². The first-order valence-corrected chi connectivity index (χ1v) is 13.1. The topological polar surface area (TPSA) is 66.8 Å². The molecular weight excluding hydrogens is 472 g/mol. The molecule has 4 nitrogen and oxygen atoms in total. The zero-order chi connectivity index (χ0) is 26.2. The monoisotopic (exact) mass is 502 g/mol.